The number of nitrogens with zero attached hydrogens (tertiary/aromatic N) is 2. The van der Waals surface area contributed by atoms with E-state index in [1.807, 2.05) is 49.5 Å². The minimum atomic E-state index is -0.746. The molecule has 6 nitrogen and oxygen atoms in total. The highest BCUT2D eigenvalue weighted by Crippen LogP contribution is 2.41. The van der Waals surface area contributed by atoms with Crippen molar-refractivity contribution in [2.75, 3.05) is 0 Å². The predicted molar refractivity (Wildman–Crippen MR) is 151 cm³/mol. The molecule has 3 aromatic heterocycles. The van der Waals surface area contributed by atoms with Crippen molar-refractivity contribution in [1.82, 2.24) is 15.2 Å². The average Bonchev–Trinajstić information content (AvgIpc) is 3.45. The number of H-pyrrole nitrogens is 1. The Balaban J connectivity index is 1.79. The Labute approximate surface area is 230 Å². The minimum absolute atomic E-state index is 0.0172. The number of rotatable bonds is 5. The number of Topliss-reactive ketones (excluding diaryl/α,β-unsaturated/α-hetero) is 2. The molecule has 192 valence electrons. The monoisotopic (exact) mass is 545 g/mol. The van der Waals surface area contributed by atoms with Crippen LogP contribution in [0.4, 0.5) is 0 Å². The third-order valence-corrected chi connectivity index (χ3v) is 7.01. The number of pyridine rings is 1. The molecule has 0 saturated heterocycles. The van der Waals surface area contributed by atoms with E-state index in [-0.39, 0.29) is 28.6 Å². The lowest BCUT2D eigenvalue weighted by atomic mass is 9.87. The fourth-order valence-corrected chi connectivity index (χ4v) is 4.85. The average molecular weight is 546 g/mol. The summed E-state index contributed by atoms with van der Waals surface area (Å²) >= 11 is 13.0. The summed E-state index contributed by atoms with van der Waals surface area (Å²) in [5, 5.41) is 8.61. The zero-order valence-electron chi connectivity index (χ0n) is 21.6. The Morgan fingerprint density at radius 3 is 2.18 bits per heavy atom. The highest BCUT2D eigenvalue weighted by atomic mass is 35.5. The molecular formula is C30H25Cl2N3O3. The molecule has 8 heteroatoms. The lowest BCUT2D eigenvalue weighted by Gasteiger charge is -2.14. The second kappa shape index (κ2) is 9.53. The van der Waals surface area contributed by atoms with Crippen molar-refractivity contribution in [3.8, 4) is 33.5 Å². The SMILES string of the molecule is CC(=O)c1c(C(=O)C(C)(C)C)oc2nc(-c3ccc(-c4c[nH]nc4C)cc3Cl)c(-c3ccc(Cl)cc3)cc12. The van der Waals surface area contributed by atoms with E-state index in [9.17, 15) is 9.59 Å². The topological polar surface area (TPSA) is 88.9 Å². The molecule has 0 unspecified atom stereocenters. The molecule has 38 heavy (non-hydrogen) atoms. The van der Waals surface area contributed by atoms with Crippen molar-refractivity contribution in [2.45, 2.75) is 34.6 Å². The summed E-state index contributed by atoms with van der Waals surface area (Å²) in [6, 6.07) is 14.9. The van der Waals surface area contributed by atoms with Crippen LogP contribution in [0.15, 0.2) is 59.1 Å². The Morgan fingerprint density at radius 2 is 1.61 bits per heavy atom. The molecule has 0 aliphatic rings. The molecule has 0 atom stereocenters. The molecule has 0 saturated carbocycles. The van der Waals surface area contributed by atoms with Gasteiger partial charge in [-0.1, -0.05) is 68.2 Å². The first-order chi connectivity index (χ1) is 18.0. The van der Waals surface area contributed by atoms with Gasteiger partial charge in [0, 0.05) is 33.3 Å². The standard InChI is InChI=1S/C30H25Cl2N3O3/c1-15-23(14-33-35-15)18-8-11-20(24(32)12-18)26-21(17-6-9-19(31)10-7-17)13-22-25(16(2)36)27(38-29(22)34-26)28(37)30(3,4)5/h6-14H,1-5H3,(H,33,35). The fourth-order valence-electron chi connectivity index (χ4n) is 4.45. The van der Waals surface area contributed by atoms with Crippen LogP contribution in [0.1, 0.15) is 54.3 Å². The zero-order valence-corrected chi connectivity index (χ0v) is 23.1. The number of hydrogen-bond donors (Lipinski definition) is 1. The van der Waals surface area contributed by atoms with Gasteiger partial charge in [-0.25, -0.2) is 4.98 Å². The Bertz CT molecular complexity index is 1720. The largest absolute Gasteiger partial charge is 0.434 e. The Morgan fingerprint density at radius 1 is 0.921 bits per heavy atom. The number of aryl methyl sites for hydroxylation is 1. The number of fused-ring (bicyclic) bond motifs is 1. The Kier molecular flexibility index (Phi) is 6.49. The molecule has 3 heterocycles. The van der Waals surface area contributed by atoms with Gasteiger partial charge in [0.15, 0.2) is 11.5 Å². The van der Waals surface area contributed by atoms with Crippen LogP contribution in [-0.4, -0.2) is 26.7 Å². The summed E-state index contributed by atoms with van der Waals surface area (Å²) in [7, 11) is 0. The van der Waals surface area contributed by atoms with Gasteiger partial charge in [0.25, 0.3) is 0 Å². The van der Waals surface area contributed by atoms with Gasteiger partial charge in [-0.15, -0.1) is 0 Å². The van der Waals surface area contributed by atoms with Crippen LogP contribution in [0, 0.1) is 12.3 Å². The van der Waals surface area contributed by atoms with Crippen LogP contribution in [0.25, 0.3) is 44.6 Å². The van der Waals surface area contributed by atoms with E-state index in [0.29, 0.717) is 26.7 Å². The molecule has 0 radical (unpaired) electrons. The summed E-state index contributed by atoms with van der Waals surface area (Å²) in [4.78, 5) is 30.8. The molecule has 1 N–H and O–H groups in total. The molecule has 0 amide bonds. The molecule has 0 aliphatic heterocycles. The lowest BCUT2D eigenvalue weighted by molar-refractivity contribution is 0.0823. The first-order valence-electron chi connectivity index (χ1n) is 12.1. The van der Waals surface area contributed by atoms with Crippen LogP contribution < -0.4 is 0 Å². The quantitative estimate of drug-likeness (QED) is 0.223. The van der Waals surface area contributed by atoms with Gasteiger partial charge in [0.05, 0.1) is 27.4 Å². The molecule has 0 fully saturated rings. The molecule has 0 aliphatic carbocycles. The maximum atomic E-state index is 13.2. The van der Waals surface area contributed by atoms with E-state index in [1.165, 1.54) is 6.92 Å². The summed E-state index contributed by atoms with van der Waals surface area (Å²) < 4.78 is 6.00. The van der Waals surface area contributed by atoms with Crippen molar-refractivity contribution >= 4 is 45.9 Å². The second-order valence-electron chi connectivity index (χ2n) is 10.3. The van der Waals surface area contributed by atoms with E-state index in [4.69, 9.17) is 32.6 Å². The Hall–Kier alpha value is -3.74. The highest BCUT2D eigenvalue weighted by Gasteiger charge is 2.32. The first kappa shape index (κ1) is 25.9. The van der Waals surface area contributed by atoms with Crippen molar-refractivity contribution in [3.63, 3.8) is 0 Å². The summed E-state index contributed by atoms with van der Waals surface area (Å²) in [5.41, 5.74) is 5.17. The minimum Gasteiger partial charge on any atom is -0.434 e. The van der Waals surface area contributed by atoms with E-state index in [2.05, 4.69) is 10.2 Å². The number of furan rings is 1. The number of hydrogen-bond acceptors (Lipinski definition) is 5. The summed E-state index contributed by atoms with van der Waals surface area (Å²) in [6.07, 6.45) is 1.82. The van der Waals surface area contributed by atoms with Crippen LogP contribution in [0.2, 0.25) is 10.0 Å². The maximum absolute atomic E-state index is 13.2. The number of benzene rings is 2. The zero-order chi connectivity index (χ0) is 27.4. The number of aromatic nitrogens is 3. The van der Waals surface area contributed by atoms with Crippen LogP contribution in [0.3, 0.4) is 0 Å². The maximum Gasteiger partial charge on any atom is 0.228 e. The molecular weight excluding hydrogens is 521 g/mol. The third kappa shape index (κ3) is 4.55. The number of ketones is 2. The van der Waals surface area contributed by atoms with E-state index in [1.54, 1.807) is 32.9 Å². The van der Waals surface area contributed by atoms with Gasteiger partial charge < -0.3 is 4.42 Å². The molecule has 5 aromatic rings. The molecule has 0 bridgehead atoms. The van der Waals surface area contributed by atoms with E-state index >= 15 is 0 Å². The third-order valence-electron chi connectivity index (χ3n) is 6.44. The first-order valence-corrected chi connectivity index (χ1v) is 12.8. The lowest BCUT2D eigenvalue weighted by Crippen LogP contribution is -2.21. The molecule has 0 spiro atoms. The van der Waals surface area contributed by atoms with Gasteiger partial charge in [0.1, 0.15) is 0 Å². The number of carbonyl (C=O) groups is 2. The van der Waals surface area contributed by atoms with Gasteiger partial charge in [-0.3, -0.25) is 14.7 Å². The van der Waals surface area contributed by atoms with Crippen molar-refractivity contribution in [3.05, 3.63) is 81.8 Å². The number of nitrogens with one attached hydrogen (secondary N) is 1. The molecule has 5 rings (SSSR count). The van der Waals surface area contributed by atoms with E-state index in [0.717, 1.165) is 27.9 Å². The normalized spacial score (nSPS) is 11.8. The summed E-state index contributed by atoms with van der Waals surface area (Å²) in [5.74, 6) is -0.525. The van der Waals surface area contributed by atoms with Crippen molar-refractivity contribution < 1.29 is 14.0 Å². The van der Waals surface area contributed by atoms with Crippen molar-refractivity contribution in [1.29, 1.82) is 0 Å². The van der Waals surface area contributed by atoms with Gasteiger partial charge in [0.2, 0.25) is 11.5 Å². The van der Waals surface area contributed by atoms with Crippen LogP contribution >= 0.6 is 23.2 Å². The number of aromatic amines is 1. The molecule has 2 aromatic carbocycles. The van der Waals surface area contributed by atoms with Gasteiger partial charge >= 0.3 is 0 Å². The smallest absolute Gasteiger partial charge is 0.228 e. The fraction of sp³-hybridized carbons (Fsp3) is 0.200. The highest BCUT2D eigenvalue weighted by molar-refractivity contribution is 6.34. The van der Waals surface area contributed by atoms with Gasteiger partial charge in [-0.05, 0) is 49.2 Å². The van der Waals surface area contributed by atoms with Crippen LogP contribution in [0.5, 0.6) is 0 Å². The van der Waals surface area contributed by atoms with Crippen molar-refractivity contribution in [2.24, 2.45) is 5.41 Å². The summed E-state index contributed by atoms with van der Waals surface area (Å²) in [6.45, 7) is 8.70. The van der Waals surface area contributed by atoms with Gasteiger partial charge in [-0.2, -0.15) is 5.10 Å². The van der Waals surface area contributed by atoms with Crippen LogP contribution in [-0.2, 0) is 0 Å². The predicted octanol–water partition coefficient (Wildman–Crippen LogP) is 8.60. The second-order valence-corrected chi connectivity index (χ2v) is 11.1. The number of halogens is 2. The number of carbonyl (C=O) groups excluding carboxylic acids is 2. The van der Waals surface area contributed by atoms with E-state index < -0.39 is 5.41 Å².